The number of oxazole rings is 1. The van der Waals surface area contributed by atoms with E-state index in [0.29, 0.717) is 44.2 Å². The molecule has 68 heavy (non-hydrogen) atoms. The van der Waals surface area contributed by atoms with Gasteiger partial charge in [0.15, 0.2) is 6.29 Å². The molecule has 6 atom stereocenters. The number of likely N-dealkylation sites (tertiary alicyclic amines) is 2. The third kappa shape index (κ3) is 12.4. The van der Waals surface area contributed by atoms with Gasteiger partial charge in [0.2, 0.25) is 5.89 Å². The Hall–Kier alpha value is -6.38. The van der Waals surface area contributed by atoms with Crippen molar-refractivity contribution < 1.29 is 52.3 Å². The summed E-state index contributed by atoms with van der Waals surface area (Å²) in [6.07, 6.45) is 3.56. The number of carbonyl (C=O) groups excluding carboxylic acids is 2. The molecule has 4 saturated heterocycles. The maximum atomic E-state index is 12.5. The van der Waals surface area contributed by atoms with Crippen LogP contribution in [0.5, 0.6) is 17.2 Å². The Labute approximate surface area is 398 Å². The van der Waals surface area contributed by atoms with Crippen LogP contribution in [0.25, 0.3) is 11.5 Å². The van der Waals surface area contributed by atoms with Crippen LogP contribution in [0.3, 0.4) is 0 Å². The maximum absolute atomic E-state index is 12.5. The number of hydrogen-bond donors (Lipinski definition) is 1. The van der Waals surface area contributed by atoms with Crippen molar-refractivity contribution in [1.82, 2.24) is 14.8 Å². The number of cyclic esters (lactones) is 1. The third-order valence-corrected chi connectivity index (χ3v) is 13.0. The van der Waals surface area contributed by atoms with Crippen molar-refractivity contribution in [3.8, 4) is 28.7 Å². The topological polar surface area (TPSA) is 159 Å². The highest BCUT2D eigenvalue weighted by Gasteiger charge is 2.50. The van der Waals surface area contributed by atoms with Gasteiger partial charge in [0, 0.05) is 57.0 Å². The summed E-state index contributed by atoms with van der Waals surface area (Å²) in [5.74, 6) is 2.19. The number of rotatable bonds is 16. The van der Waals surface area contributed by atoms with Crippen LogP contribution in [0.1, 0.15) is 67.4 Å². The molecule has 5 aromatic rings. The molecular formula is C54H63N3O11. The molecule has 1 aromatic heterocycles. The summed E-state index contributed by atoms with van der Waals surface area (Å²) in [6, 6.07) is 33.6. The van der Waals surface area contributed by atoms with Gasteiger partial charge < -0.3 is 42.8 Å². The molecule has 14 nitrogen and oxygen atoms in total. The lowest BCUT2D eigenvalue weighted by atomic mass is 9.90. The first kappa shape index (κ1) is 48.1. The van der Waals surface area contributed by atoms with Crippen molar-refractivity contribution >= 4 is 18.0 Å². The number of nitrogens with zero attached hydrogens (tertiary/aromatic N) is 3. The van der Waals surface area contributed by atoms with Gasteiger partial charge in [0.05, 0.1) is 44.5 Å². The van der Waals surface area contributed by atoms with E-state index in [2.05, 4.69) is 34.1 Å². The minimum absolute atomic E-state index is 0.0322. The van der Waals surface area contributed by atoms with Crippen molar-refractivity contribution in [3.63, 3.8) is 0 Å². The first-order valence-corrected chi connectivity index (χ1v) is 23.8. The number of methoxy groups -OCH3 is 1. The largest absolute Gasteiger partial charge is 0.497 e. The number of carboxylic acid groups (broad SMARTS) is 1. The molecule has 1 N–H and O–H groups in total. The molecule has 4 fully saturated rings. The summed E-state index contributed by atoms with van der Waals surface area (Å²) in [5, 5.41) is 9.71. The van der Waals surface area contributed by atoms with Crippen LogP contribution in [0.4, 0.5) is 4.79 Å². The SMILES string of the molecule is COc1cccc(-c2nc(CCOc3ccc(C[C@@H]4CN(C(=O)OCC(C)C)C[C@@H]4C(=O)O)cc3)c(C)o2)c1.O=C1OC(c2ccc(OC3CCCCO3)cc2)[C@@H]2CN(Cc3ccccc3)C[C@H]12. The Bertz CT molecular complexity index is 2430. The molecule has 5 heterocycles. The average Bonchev–Trinajstić information content (AvgIpc) is 4.14. The number of carboxylic acids is 1. The van der Waals surface area contributed by atoms with Crippen LogP contribution < -0.4 is 14.2 Å². The molecule has 0 radical (unpaired) electrons. The maximum Gasteiger partial charge on any atom is 0.409 e. The van der Waals surface area contributed by atoms with Crippen molar-refractivity contribution in [2.24, 2.45) is 29.6 Å². The predicted octanol–water partition coefficient (Wildman–Crippen LogP) is 9.19. The minimum atomic E-state index is -0.892. The van der Waals surface area contributed by atoms with Crippen LogP contribution in [0.15, 0.2) is 108 Å². The van der Waals surface area contributed by atoms with E-state index in [1.807, 2.05) is 99.6 Å². The van der Waals surface area contributed by atoms with Gasteiger partial charge in [-0.2, -0.15) is 0 Å². The van der Waals surface area contributed by atoms with Gasteiger partial charge in [-0.3, -0.25) is 14.5 Å². The Kier molecular flexibility index (Phi) is 16.0. The molecule has 9 rings (SSSR count). The van der Waals surface area contributed by atoms with Crippen molar-refractivity contribution in [2.75, 3.05) is 53.1 Å². The van der Waals surface area contributed by atoms with Crippen LogP contribution in [-0.2, 0) is 43.2 Å². The number of aromatic nitrogens is 1. The Morgan fingerprint density at radius 3 is 2.37 bits per heavy atom. The van der Waals surface area contributed by atoms with E-state index in [9.17, 15) is 19.5 Å². The lowest BCUT2D eigenvalue weighted by Crippen LogP contribution is -2.31. The summed E-state index contributed by atoms with van der Waals surface area (Å²) >= 11 is 0. The Morgan fingerprint density at radius 2 is 1.65 bits per heavy atom. The van der Waals surface area contributed by atoms with E-state index in [1.54, 1.807) is 7.11 Å². The normalized spacial score (nSPS) is 22.2. The predicted molar refractivity (Wildman–Crippen MR) is 253 cm³/mol. The summed E-state index contributed by atoms with van der Waals surface area (Å²) in [7, 11) is 1.62. The quantitative estimate of drug-likeness (QED) is 0.0935. The standard InChI is InChI=1S/C30H36N2O7.C24H27NO4/c1-19(2)18-38-30(35)32-16-23(26(17-32)29(33)34)14-21-8-10-24(11-9-21)37-13-12-27-20(3)39-28(31-27)22-6-5-7-25(15-22)36-4;26-24-21-16-25(14-17-6-2-1-3-7-17)15-20(21)23(29-24)18-9-11-19(12-10-18)28-22-8-4-5-13-27-22/h5-11,15,19,23,26H,12-14,16-18H2,1-4H3,(H,33,34);1-3,6-7,9-12,20-23H,4-5,8,13-16H2/t23-,26+;20-,21+,22?,23?/m11/s1. The average molecular weight is 930 g/mol. The molecule has 4 aromatic carbocycles. The molecule has 1 amide bonds. The Morgan fingerprint density at radius 1 is 0.868 bits per heavy atom. The van der Waals surface area contributed by atoms with Gasteiger partial charge in [0.1, 0.15) is 29.1 Å². The number of benzene rings is 4. The molecule has 0 aliphatic carbocycles. The molecule has 4 aliphatic heterocycles. The smallest absolute Gasteiger partial charge is 0.409 e. The second kappa shape index (κ2) is 22.6. The van der Waals surface area contributed by atoms with Crippen LogP contribution >= 0.6 is 0 Å². The number of amides is 1. The van der Waals surface area contributed by atoms with Crippen LogP contribution in [0, 0.1) is 36.5 Å². The monoisotopic (exact) mass is 929 g/mol. The van der Waals surface area contributed by atoms with Crippen molar-refractivity contribution in [3.05, 3.63) is 131 Å². The molecule has 0 bridgehead atoms. The summed E-state index contributed by atoms with van der Waals surface area (Å²) in [5.41, 5.74) is 5.00. The highest BCUT2D eigenvalue weighted by molar-refractivity contribution is 5.76. The van der Waals surface area contributed by atoms with E-state index in [0.717, 1.165) is 85.1 Å². The van der Waals surface area contributed by atoms with Gasteiger partial charge in [-0.15, -0.1) is 0 Å². The van der Waals surface area contributed by atoms with E-state index in [1.165, 1.54) is 10.5 Å². The zero-order valence-corrected chi connectivity index (χ0v) is 39.4. The zero-order chi connectivity index (χ0) is 47.6. The molecule has 360 valence electrons. The fourth-order valence-electron chi connectivity index (χ4n) is 9.41. The van der Waals surface area contributed by atoms with E-state index in [4.69, 9.17) is 32.8 Å². The fraction of sp³-hybridized carbons (Fsp3) is 0.444. The lowest BCUT2D eigenvalue weighted by molar-refractivity contribution is -0.145. The van der Waals surface area contributed by atoms with Gasteiger partial charge in [-0.1, -0.05) is 74.5 Å². The molecule has 0 spiro atoms. The number of aliphatic carboxylic acids is 1. The molecule has 4 aliphatic rings. The van der Waals surface area contributed by atoms with E-state index >= 15 is 0 Å². The number of esters is 1. The van der Waals surface area contributed by atoms with E-state index < -0.39 is 18.0 Å². The third-order valence-electron chi connectivity index (χ3n) is 13.0. The molecule has 2 unspecified atom stereocenters. The van der Waals surface area contributed by atoms with Crippen LogP contribution in [-0.4, -0.2) is 97.3 Å². The number of fused-ring (bicyclic) bond motifs is 1. The number of aryl methyl sites for hydroxylation is 1. The van der Waals surface area contributed by atoms with Crippen molar-refractivity contribution in [2.45, 2.75) is 71.8 Å². The number of carbonyl (C=O) groups is 3. The second-order valence-corrected chi connectivity index (χ2v) is 18.6. The molecule has 0 saturated carbocycles. The first-order valence-electron chi connectivity index (χ1n) is 23.8. The second-order valence-electron chi connectivity index (χ2n) is 18.6. The van der Waals surface area contributed by atoms with Gasteiger partial charge in [0.25, 0.3) is 0 Å². The summed E-state index contributed by atoms with van der Waals surface area (Å²) < 4.78 is 39.7. The van der Waals surface area contributed by atoms with Gasteiger partial charge in [-0.25, -0.2) is 9.78 Å². The van der Waals surface area contributed by atoms with Crippen molar-refractivity contribution in [1.29, 1.82) is 0 Å². The zero-order valence-electron chi connectivity index (χ0n) is 39.4. The number of ether oxygens (including phenoxy) is 6. The molecular weight excluding hydrogens is 867 g/mol. The van der Waals surface area contributed by atoms with Crippen LogP contribution in [0.2, 0.25) is 0 Å². The van der Waals surface area contributed by atoms with Gasteiger partial charge >= 0.3 is 18.0 Å². The number of hydrogen-bond acceptors (Lipinski definition) is 12. The summed E-state index contributed by atoms with van der Waals surface area (Å²) in [4.78, 5) is 45.2. The van der Waals surface area contributed by atoms with E-state index in [-0.39, 0.29) is 48.6 Å². The fourth-order valence-corrected chi connectivity index (χ4v) is 9.41. The highest BCUT2D eigenvalue weighted by atomic mass is 16.7. The van der Waals surface area contributed by atoms with Gasteiger partial charge in [-0.05, 0) is 97.2 Å². The minimum Gasteiger partial charge on any atom is -0.497 e. The molecule has 14 heteroatoms. The lowest BCUT2D eigenvalue weighted by Gasteiger charge is -2.24. The highest BCUT2D eigenvalue weighted by Crippen LogP contribution is 2.44. The Balaban J connectivity index is 0.000000191. The first-order chi connectivity index (χ1) is 33.0. The summed E-state index contributed by atoms with van der Waals surface area (Å²) in [6.45, 7) is 10.4.